The zero-order chi connectivity index (χ0) is 12.6. The molecule has 0 N–H and O–H groups in total. The molecule has 2 nitrogen and oxygen atoms in total. The molecule has 0 saturated heterocycles. The van der Waals surface area contributed by atoms with Crippen LogP contribution in [0.4, 0.5) is 0 Å². The zero-order valence-electron chi connectivity index (χ0n) is 10.9. The molecule has 0 fully saturated rings. The highest BCUT2D eigenvalue weighted by molar-refractivity contribution is 5.58. The van der Waals surface area contributed by atoms with Gasteiger partial charge in [0.25, 0.3) is 0 Å². The zero-order valence-corrected chi connectivity index (χ0v) is 10.9. The van der Waals surface area contributed by atoms with Gasteiger partial charge in [-0.05, 0) is 32.4 Å². The molecule has 90 valence electrons. The summed E-state index contributed by atoms with van der Waals surface area (Å²) < 4.78 is 5.56. The molecule has 0 aliphatic carbocycles. The topological polar surface area (TPSA) is 26.3 Å². The summed E-state index contributed by atoms with van der Waals surface area (Å²) in [6.45, 7) is 10.1. The Labute approximate surface area is 98.6 Å². The summed E-state index contributed by atoms with van der Waals surface area (Å²) >= 11 is 0. The number of ether oxygens (including phenoxy) is 1. The van der Waals surface area contributed by atoms with Gasteiger partial charge in [-0.2, -0.15) is 0 Å². The minimum Gasteiger partial charge on any atom is -0.492 e. The van der Waals surface area contributed by atoms with E-state index < -0.39 is 5.41 Å². The van der Waals surface area contributed by atoms with Gasteiger partial charge in [0, 0.05) is 0 Å². The average molecular weight is 222 g/mol. The van der Waals surface area contributed by atoms with E-state index in [9.17, 15) is 4.79 Å². The summed E-state index contributed by atoms with van der Waals surface area (Å²) in [7, 11) is 0. The fourth-order valence-corrected chi connectivity index (χ4v) is 1.02. The quantitative estimate of drug-likeness (QED) is 0.727. The molecule has 0 aliphatic rings. The monoisotopic (exact) mass is 222 g/mol. The van der Waals surface area contributed by atoms with E-state index in [0.717, 1.165) is 17.6 Å². The van der Waals surface area contributed by atoms with Gasteiger partial charge in [0.15, 0.2) is 0 Å². The van der Waals surface area contributed by atoms with E-state index in [2.05, 4.69) is 0 Å². The molecule has 16 heavy (non-hydrogen) atoms. The van der Waals surface area contributed by atoms with E-state index in [1.807, 2.05) is 58.9 Å². The number of hydrogen-bond acceptors (Lipinski definition) is 2. The molecule has 0 bridgehead atoms. The number of carbonyl (C=O) groups excluding carboxylic acids is 1. The third-order valence-corrected chi connectivity index (χ3v) is 2.01. The van der Waals surface area contributed by atoms with Crippen LogP contribution >= 0.6 is 0 Å². The molecule has 0 amide bonds. The number of carbonyl (C=O) groups is 1. The first-order chi connectivity index (χ1) is 7.55. The van der Waals surface area contributed by atoms with Crippen LogP contribution in [0.3, 0.4) is 0 Å². The average Bonchev–Trinajstić information content (AvgIpc) is 2.31. The Hall–Kier alpha value is -1.31. The van der Waals surface area contributed by atoms with Crippen LogP contribution in [0.1, 0.15) is 33.3 Å². The molecule has 1 aromatic carbocycles. The van der Waals surface area contributed by atoms with Gasteiger partial charge in [0.05, 0.1) is 12.0 Å². The summed E-state index contributed by atoms with van der Waals surface area (Å²) in [6, 6.07) is 7.79. The second kappa shape index (κ2) is 7.04. The lowest BCUT2D eigenvalue weighted by molar-refractivity contribution is -0.116. The molecular formula is C14H22O2. The van der Waals surface area contributed by atoms with Gasteiger partial charge in [-0.15, -0.1) is 0 Å². The van der Waals surface area contributed by atoms with E-state index in [-0.39, 0.29) is 0 Å². The van der Waals surface area contributed by atoms with Crippen LogP contribution in [-0.4, -0.2) is 12.9 Å². The van der Waals surface area contributed by atoms with Crippen molar-refractivity contribution < 1.29 is 9.53 Å². The van der Waals surface area contributed by atoms with Crippen LogP contribution in [-0.2, 0) is 4.79 Å². The summed E-state index contributed by atoms with van der Waals surface area (Å²) in [5, 5.41) is 0. The van der Waals surface area contributed by atoms with E-state index in [1.54, 1.807) is 0 Å². The van der Waals surface area contributed by atoms with E-state index >= 15 is 0 Å². The highest BCUT2D eigenvalue weighted by Gasteiger charge is 2.17. The largest absolute Gasteiger partial charge is 0.492 e. The Bertz CT molecular complexity index is 316. The molecule has 0 unspecified atom stereocenters. The van der Waals surface area contributed by atoms with Crippen LogP contribution in [0, 0.1) is 12.3 Å². The Morgan fingerprint density at radius 3 is 2.31 bits per heavy atom. The first-order valence-electron chi connectivity index (χ1n) is 5.70. The van der Waals surface area contributed by atoms with Crippen LogP contribution in [0.2, 0.25) is 0 Å². The highest BCUT2D eigenvalue weighted by Crippen LogP contribution is 2.19. The number of rotatable bonds is 4. The smallest absolute Gasteiger partial charge is 0.128 e. The maximum Gasteiger partial charge on any atom is 0.128 e. The predicted octanol–water partition coefficient (Wildman–Crippen LogP) is 3.63. The molecule has 1 aromatic rings. The van der Waals surface area contributed by atoms with Crippen molar-refractivity contribution in [3.63, 3.8) is 0 Å². The van der Waals surface area contributed by atoms with Crippen LogP contribution < -0.4 is 4.74 Å². The maximum absolute atomic E-state index is 10.7. The van der Waals surface area contributed by atoms with Gasteiger partial charge in [0.1, 0.15) is 12.0 Å². The van der Waals surface area contributed by atoms with Crippen molar-refractivity contribution in [2.24, 2.45) is 5.41 Å². The third kappa shape index (κ3) is 4.96. The van der Waals surface area contributed by atoms with Crippen molar-refractivity contribution in [2.45, 2.75) is 34.6 Å². The molecule has 0 spiro atoms. The standard InChI is InChI=1S/C12H16O2.C2H6/c1-10-6-4-5-7-11(10)14-9-12(2,3)8-13;1-2/h4-8H,9H2,1-3H3;1-2H3. The van der Waals surface area contributed by atoms with Crippen LogP contribution in [0.5, 0.6) is 5.75 Å². The number of benzene rings is 1. The van der Waals surface area contributed by atoms with Crippen molar-refractivity contribution in [1.29, 1.82) is 0 Å². The summed E-state index contributed by atoms with van der Waals surface area (Å²) in [6.07, 6.45) is 0.922. The van der Waals surface area contributed by atoms with E-state index in [1.165, 1.54) is 0 Å². The molecule has 0 saturated carbocycles. The highest BCUT2D eigenvalue weighted by atomic mass is 16.5. The van der Waals surface area contributed by atoms with Crippen molar-refractivity contribution in [1.82, 2.24) is 0 Å². The van der Waals surface area contributed by atoms with Gasteiger partial charge in [-0.1, -0.05) is 32.0 Å². The van der Waals surface area contributed by atoms with Crippen molar-refractivity contribution in [3.8, 4) is 5.75 Å². The van der Waals surface area contributed by atoms with Gasteiger partial charge < -0.3 is 9.53 Å². The lowest BCUT2D eigenvalue weighted by atomic mass is 9.98. The molecule has 2 heteroatoms. The molecule has 1 rings (SSSR count). The molecule has 0 atom stereocenters. The Balaban J connectivity index is 0.00000106. The fraction of sp³-hybridized carbons (Fsp3) is 0.500. The molecule has 0 heterocycles. The summed E-state index contributed by atoms with van der Waals surface area (Å²) in [5.74, 6) is 0.849. The normalized spacial score (nSPS) is 10.1. The first kappa shape index (κ1) is 14.7. The number of aldehydes is 1. The second-order valence-electron chi connectivity index (χ2n) is 4.16. The molecule has 0 radical (unpaired) electrons. The number of aryl methyl sites for hydroxylation is 1. The fourth-order valence-electron chi connectivity index (χ4n) is 1.02. The van der Waals surface area contributed by atoms with Gasteiger partial charge >= 0.3 is 0 Å². The third-order valence-electron chi connectivity index (χ3n) is 2.01. The summed E-state index contributed by atoms with van der Waals surface area (Å²) in [4.78, 5) is 10.7. The first-order valence-corrected chi connectivity index (χ1v) is 5.70. The van der Waals surface area contributed by atoms with Crippen molar-refractivity contribution >= 4 is 6.29 Å². The Kier molecular flexibility index (Phi) is 6.47. The summed E-state index contributed by atoms with van der Waals surface area (Å²) in [5.41, 5.74) is 0.677. The lowest BCUT2D eigenvalue weighted by Gasteiger charge is -2.18. The van der Waals surface area contributed by atoms with Crippen molar-refractivity contribution in [3.05, 3.63) is 29.8 Å². The van der Waals surface area contributed by atoms with E-state index in [0.29, 0.717) is 6.61 Å². The predicted molar refractivity (Wildman–Crippen MR) is 67.9 cm³/mol. The van der Waals surface area contributed by atoms with Gasteiger partial charge in [0.2, 0.25) is 0 Å². The van der Waals surface area contributed by atoms with Crippen molar-refractivity contribution in [2.75, 3.05) is 6.61 Å². The molecular weight excluding hydrogens is 200 g/mol. The maximum atomic E-state index is 10.7. The molecule has 0 aromatic heterocycles. The second-order valence-corrected chi connectivity index (χ2v) is 4.16. The molecule has 0 aliphatic heterocycles. The van der Waals surface area contributed by atoms with Crippen LogP contribution in [0.25, 0.3) is 0 Å². The minimum absolute atomic E-state index is 0.414. The lowest BCUT2D eigenvalue weighted by Crippen LogP contribution is -2.22. The Morgan fingerprint density at radius 1 is 1.25 bits per heavy atom. The van der Waals surface area contributed by atoms with E-state index in [4.69, 9.17) is 4.74 Å². The van der Waals surface area contributed by atoms with Crippen LogP contribution in [0.15, 0.2) is 24.3 Å². The Morgan fingerprint density at radius 2 is 1.81 bits per heavy atom. The SMILES string of the molecule is CC.Cc1ccccc1OCC(C)(C)C=O. The number of para-hydroxylation sites is 1. The number of hydrogen-bond donors (Lipinski definition) is 0. The van der Waals surface area contributed by atoms with Gasteiger partial charge in [-0.3, -0.25) is 0 Å². The van der Waals surface area contributed by atoms with Gasteiger partial charge in [-0.25, -0.2) is 0 Å². The minimum atomic E-state index is -0.414.